The van der Waals surface area contributed by atoms with Gasteiger partial charge >= 0.3 is 12.1 Å². The van der Waals surface area contributed by atoms with E-state index in [9.17, 15) is 14.7 Å². The number of anilines is 1. The quantitative estimate of drug-likeness (QED) is 0.774. The number of benzene rings is 1. The van der Waals surface area contributed by atoms with Gasteiger partial charge < -0.3 is 20.1 Å². The molecule has 1 fully saturated rings. The standard InChI is InChI=1S/C18H24Cl2N2O4/c1-18(2,3)26-17(25)21-14(16(23)24)10-11-8-12(19)15(13(20)9-11)22-6-4-5-7-22/h8-9,14H,4-7,10H2,1-3H3,(H,21,25)(H,23,24). The van der Waals surface area contributed by atoms with Crippen molar-refractivity contribution in [3.05, 3.63) is 27.7 Å². The largest absolute Gasteiger partial charge is 0.480 e. The van der Waals surface area contributed by atoms with Crippen LogP contribution in [0.5, 0.6) is 0 Å². The first-order valence-corrected chi connectivity index (χ1v) is 9.27. The molecule has 0 aromatic heterocycles. The summed E-state index contributed by atoms with van der Waals surface area (Å²) in [4.78, 5) is 25.5. The smallest absolute Gasteiger partial charge is 0.408 e. The van der Waals surface area contributed by atoms with Gasteiger partial charge in [0.25, 0.3) is 0 Å². The van der Waals surface area contributed by atoms with Gasteiger partial charge in [0, 0.05) is 19.5 Å². The summed E-state index contributed by atoms with van der Waals surface area (Å²) in [6.45, 7) is 6.92. The van der Waals surface area contributed by atoms with Gasteiger partial charge in [-0.2, -0.15) is 0 Å². The Morgan fingerprint density at radius 3 is 2.23 bits per heavy atom. The number of rotatable bonds is 5. The van der Waals surface area contributed by atoms with Crippen LogP contribution >= 0.6 is 23.2 Å². The van der Waals surface area contributed by atoms with E-state index >= 15 is 0 Å². The highest BCUT2D eigenvalue weighted by molar-refractivity contribution is 6.39. The molecule has 1 aromatic carbocycles. The summed E-state index contributed by atoms with van der Waals surface area (Å²) >= 11 is 12.8. The number of carboxylic acid groups (broad SMARTS) is 1. The Labute approximate surface area is 163 Å². The van der Waals surface area contributed by atoms with Crippen LogP contribution in [0.4, 0.5) is 10.5 Å². The van der Waals surface area contributed by atoms with Gasteiger partial charge in [-0.15, -0.1) is 0 Å². The second-order valence-corrected chi connectivity index (χ2v) is 8.16. The summed E-state index contributed by atoms with van der Waals surface area (Å²) in [6, 6.07) is 2.26. The van der Waals surface area contributed by atoms with Crippen molar-refractivity contribution in [3.63, 3.8) is 0 Å². The molecule has 0 saturated carbocycles. The first-order chi connectivity index (χ1) is 12.1. The molecule has 1 aliphatic heterocycles. The second-order valence-electron chi connectivity index (χ2n) is 7.34. The maximum atomic E-state index is 11.9. The highest BCUT2D eigenvalue weighted by Crippen LogP contribution is 2.37. The first kappa shape index (κ1) is 20.6. The lowest BCUT2D eigenvalue weighted by Gasteiger charge is -2.23. The minimum absolute atomic E-state index is 0.0499. The minimum Gasteiger partial charge on any atom is -0.480 e. The molecule has 0 bridgehead atoms. The fraction of sp³-hybridized carbons (Fsp3) is 0.556. The number of carbonyl (C=O) groups is 2. The zero-order chi connectivity index (χ0) is 19.5. The third-order valence-electron chi connectivity index (χ3n) is 3.93. The molecule has 1 heterocycles. The zero-order valence-corrected chi connectivity index (χ0v) is 16.7. The number of carboxylic acids is 1. The van der Waals surface area contributed by atoms with Crippen LogP contribution in [-0.4, -0.2) is 41.9 Å². The number of hydrogen-bond acceptors (Lipinski definition) is 4. The molecule has 2 rings (SSSR count). The van der Waals surface area contributed by atoms with Crippen LogP contribution in [0, 0.1) is 0 Å². The van der Waals surface area contributed by atoms with E-state index in [1.807, 2.05) is 0 Å². The number of alkyl carbamates (subject to hydrolysis) is 1. The topological polar surface area (TPSA) is 78.9 Å². The number of nitrogens with zero attached hydrogens (tertiary/aromatic N) is 1. The van der Waals surface area contributed by atoms with Gasteiger partial charge in [0.2, 0.25) is 0 Å². The van der Waals surface area contributed by atoms with Crippen LogP contribution in [0.15, 0.2) is 12.1 Å². The summed E-state index contributed by atoms with van der Waals surface area (Å²) in [6.07, 6.45) is 1.45. The van der Waals surface area contributed by atoms with E-state index in [0.717, 1.165) is 31.6 Å². The molecule has 26 heavy (non-hydrogen) atoms. The molecular formula is C18H24Cl2N2O4. The second kappa shape index (κ2) is 8.35. The van der Waals surface area contributed by atoms with Crippen molar-refractivity contribution in [2.75, 3.05) is 18.0 Å². The molecule has 0 spiro atoms. The summed E-state index contributed by atoms with van der Waals surface area (Å²) < 4.78 is 5.12. The summed E-state index contributed by atoms with van der Waals surface area (Å²) in [5.74, 6) is -1.16. The normalized spacial score (nSPS) is 15.7. The molecule has 1 unspecified atom stereocenters. The monoisotopic (exact) mass is 402 g/mol. The van der Waals surface area contributed by atoms with Crippen LogP contribution in [0.2, 0.25) is 10.0 Å². The van der Waals surface area contributed by atoms with E-state index in [2.05, 4.69) is 10.2 Å². The number of hydrogen-bond donors (Lipinski definition) is 2. The van der Waals surface area contributed by atoms with Crippen LogP contribution < -0.4 is 10.2 Å². The summed E-state index contributed by atoms with van der Waals surface area (Å²) in [7, 11) is 0. The van der Waals surface area contributed by atoms with E-state index < -0.39 is 23.7 Å². The van der Waals surface area contributed by atoms with Crippen LogP contribution in [-0.2, 0) is 16.0 Å². The Hall–Kier alpha value is -1.66. The highest BCUT2D eigenvalue weighted by Gasteiger charge is 2.25. The lowest BCUT2D eigenvalue weighted by atomic mass is 10.1. The third kappa shape index (κ3) is 5.68. The predicted molar refractivity (Wildman–Crippen MR) is 102 cm³/mol. The van der Waals surface area contributed by atoms with Crippen molar-refractivity contribution in [1.82, 2.24) is 5.32 Å². The molecule has 1 aromatic rings. The maximum absolute atomic E-state index is 11.9. The molecule has 6 nitrogen and oxygen atoms in total. The Kier molecular flexibility index (Phi) is 6.64. The Bertz CT molecular complexity index is 659. The first-order valence-electron chi connectivity index (χ1n) is 8.52. The van der Waals surface area contributed by atoms with Crippen LogP contribution in [0.25, 0.3) is 0 Å². The minimum atomic E-state index is -1.16. The van der Waals surface area contributed by atoms with Gasteiger partial charge in [-0.25, -0.2) is 9.59 Å². The molecule has 1 aliphatic rings. The number of halogens is 2. The van der Waals surface area contributed by atoms with Gasteiger partial charge in [0.1, 0.15) is 11.6 Å². The molecule has 0 aliphatic carbocycles. The molecule has 2 N–H and O–H groups in total. The van der Waals surface area contributed by atoms with E-state index in [-0.39, 0.29) is 6.42 Å². The van der Waals surface area contributed by atoms with E-state index in [1.54, 1.807) is 32.9 Å². The lowest BCUT2D eigenvalue weighted by molar-refractivity contribution is -0.139. The van der Waals surface area contributed by atoms with Crippen LogP contribution in [0.1, 0.15) is 39.2 Å². The number of amides is 1. The molecule has 1 saturated heterocycles. The van der Waals surface area contributed by atoms with Crippen LogP contribution in [0.3, 0.4) is 0 Å². The SMILES string of the molecule is CC(C)(C)OC(=O)NC(Cc1cc(Cl)c(N2CCCC2)c(Cl)c1)C(=O)O. The number of nitrogens with one attached hydrogen (secondary N) is 1. The molecule has 8 heteroatoms. The molecule has 1 amide bonds. The average Bonchev–Trinajstić information content (AvgIpc) is 2.97. The van der Waals surface area contributed by atoms with Gasteiger partial charge in [0.05, 0.1) is 15.7 Å². The third-order valence-corrected chi connectivity index (χ3v) is 4.50. The van der Waals surface area contributed by atoms with E-state index in [4.69, 9.17) is 27.9 Å². The Morgan fingerprint density at radius 1 is 1.23 bits per heavy atom. The van der Waals surface area contributed by atoms with Crippen molar-refractivity contribution < 1.29 is 19.4 Å². The van der Waals surface area contributed by atoms with E-state index in [1.165, 1.54) is 0 Å². The van der Waals surface area contributed by atoms with Crippen molar-refractivity contribution in [1.29, 1.82) is 0 Å². The summed E-state index contributed by atoms with van der Waals surface area (Å²) in [5.41, 5.74) is 0.699. The maximum Gasteiger partial charge on any atom is 0.408 e. The Balaban J connectivity index is 2.13. The van der Waals surface area contributed by atoms with Gasteiger partial charge in [-0.3, -0.25) is 0 Å². The number of carbonyl (C=O) groups excluding carboxylic acids is 1. The van der Waals surface area contributed by atoms with Crippen molar-refractivity contribution >= 4 is 41.0 Å². The van der Waals surface area contributed by atoms with Crippen molar-refractivity contribution in [2.24, 2.45) is 0 Å². The molecule has 1 atom stereocenters. The molecular weight excluding hydrogens is 379 g/mol. The van der Waals surface area contributed by atoms with Gasteiger partial charge in [-0.05, 0) is 51.3 Å². The summed E-state index contributed by atoms with van der Waals surface area (Å²) in [5, 5.41) is 12.7. The predicted octanol–water partition coefficient (Wildman–Crippen LogP) is 4.11. The fourth-order valence-corrected chi connectivity index (χ4v) is 3.64. The number of aliphatic carboxylic acids is 1. The van der Waals surface area contributed by atoms with Crippen molar-refractivity contribution in [3.8, 4) is 0 Å². The lowest BCUT2D eigenvalue weighted by Crippen LogP contribution is -2.44. The van der Waals surface area contributed by atoms with Gasteiger partial charge in [-0.1, -0.05) is 23.2 Å². The molecule has 144 valence electrons. The number of ether oxygens (including phenoxy) is 1. The average molecular weight is 403 g/mol. The molecule has 0 radical (unpaired) electrons. The fourth-order valence-electron chi connectivity index (χ4n) is 2.86. The van der Waals surface area contributed by atoms with E-state index in [0.29, 0.717) is 15.6 Å². The van der Waals surface area contributed by atoms with Crippen molar-refractivity contribution in [2.45, 2.75) is 51.7 Å². The van der Waals surface area contributed by atoms with Gasteiger partial charge in [0.15, 0.2) is 0 Å². The Morgan fingerprint density at radius 2 is 1.77 bits per heavy atom. The highest BCUT2D eigenvalue weighted by atomic mass is 35.5. The zero-order valence-electron chi connectivity index (χ0n) is 15.1.